The number of allylic oxidation sites excluding steroid dienone is 1. The van der Waals surface area contributed by atoms with E-state index in [-0.39, 0.29) is 23.3 Å². The Morgan fingerprint density at radius 3 is 2.36 bits per heavy atom. The first-order valence-corrected chi connectivity index (χ1v) is 11.6. The van der Waals surface area contributed by atoms with Crippen molar-refractivity contribution >= 4 is 26.1 Å². The average molecular weight is 370 g/mol. The first-order valence-electron chi connectivity index (χ1n) is 8.65. The van der Waals surface area contributed by atoms with E-state index in [1.54, 1.807) is 6.08 Å². The summed E-state index contributed by atoms with van der Waals surface area (Å²) in [7, 11) is -2.09. The fraction of sp³-hybridized carbons (Fsp3) is 0.722. The molecule has 0 aromatic rings. The number of nitrogens with zero attached hydrogens (tertiary/aromatic N) is 1. The minimum Gasteiger partial charge on any atom is -0.440 e. The summed E-state index contributed by atoms with van der Waals surface area (Å²) >= 11 is 0. The Morgan fingerprint density at radius 1 is 1.36 bits per heavy atom. The van der Waals surface area contributed by atoms with Crippen LogP contribution in [0.4, 0.5) is 0 Å². The third-order valence-corrected chi connectivity index (χ3v) is 9.57. The van der Waals surface area contributed by atoms with Crippen molar-refractivity contribution in [3.8, 4) is 0 Å². The minimum atomic E-state index is -2.09. The Morgan fingerprint density at radius 2 is 1.92 bits per heavy atom. The molecule has 0 aromatic heterocycles. The molecule has 1 rings (SSSR count). The van der Waals surface area contributed by atoms with Gasteiger partial charge in [-0.25, -0.2) is 4.90 Å². The number of carbonyl (C=O) groups is 3. The van der Waals surface area contributed by atoms with Crippen LogP contribution in [-0.2, 0) is 23.5 Å². The lowest BCUT2D eigenvalue weighted by molar-refractivity contribution is -0.207. The van der Waals surface area contributed by atoms with Crippen LogP contribution in [0.3, 0.4) is 0 Å². The smallest absolute Gasteiger partial charge is 0.304 e. The molecule has 0 radical (unpaired) electrons. The van der Waals surface area contributed by atoms with E-state index in [2.05, 4.69) is 40.4 Å². The third kappa shape index (κ3) is 4.79. The number of imide groups is 1. The van der Waals surface area contributed by atoms with Crippen molar-refractivity contribution < 1.29 is 23.5 Å². The molecule has 0 saturated carbocycles. The number of esters is 1. The van der Waals surface area contributed by atoms with E-state index >= 15 is 0 Å². The predicted octanol–water partition coefficient (Wildman–Crippen LogP) is 3.24. The van der Waals surface area contributed by atoms with Crippen LogP contribution in [0.15, 0.2) is 12.7 Å². The number of ether oxygens (including phenoxy) is 1. The summed E-state index contributed by atoms with van der Waals surface area (Å²) in [6.07, 6.45) is 0.931. The van der Waals surface area contributed by atoms with Crippen LogP contribution < -0.4 is 0 Å². The zero-order chi connectivity index (χ0) is 19.6. The summed E-state index contributed by atoms with van der Waals surface area (Å²) in [6.45, 7) is 17.2. The summed E-state index contributed by atoms with van der Waals surface area (Å²) in [5, 5.41) is -0.00947. The Labute approximate surface area is 151 Å². The van der Waals surface area contributed by atoms with E-state index in [1.807, 2.05) is 6.92 Å². The molecule has 2 amide bonds. The maximum atomic E-state index is 12.6. The van der Waals surface area contributed by atoms with Gasteiger partial charge in [0.25, 0.3) is 0 Å². The molecule has 7 heteroatoms. The van der Waals surface area contributed by atoms with Crippen molar-refractivity contribution in [3.05, 3.63) is 12.7 Å². The number of β-lactam (4-membered cyclic amide) rings is 1. The van der Waals surface area contributed by atoms with Crippen LogP contribution in [0.5, 0.6) is 0 Å². The van der Waals surface area contributed by atoms with Crippen LogP contribution in [0.25, 0.3) is 0 Å². The fourth-order valence-corrected chi connectivity index (χ4v) is 3.97. The van der Waals surface area contributed by atoms with Gasteiger partial charge in [-0.2, -0.15) is 0 Å². The Balaban J connectivity index is 2.94. The van der Waals surface area contributed by atoms with E-state index < -0.39 is 32.5 Å². The molecule has 1 saturated heterocycles. The fourth-order valence-electron chi connectivity index (χ4n) is 2.54. The maximum Gasteiger partial charge on any atom is 0.304 e. The predicted molar refractivity (Wildman–Crippen MR) is 98.1 cm³/mol. The SMILES string of the molecule is C=CCCC(=O)N1C(=O)[C@H]([C@@H](C)O[Si](C)(C)C(C)(C)C)[C@H]1OC(C)=O. The van der Waals surface area contributed by atoms with Gasteiger partial charge in [-0.3, -0.25) is 14.4 Å². The normalized spacial score (nSPS) is 22.2. The molecule has 0 bridgehead atoms. The highest BCUT2D eigenvalue weighted by molar-refractivity contribution is 6.74. The van der Waals surface area contributed by atoms with Gasteiger partial charge in [0, 0.05) is 13.3 Å². The average Bonchev–Trinajstić information content (AvgIpc) is 2.42. The molecule has 1 aliphatic heterocycles. The molecule has 0 N–H and O–H groups in total. The van der Waals surface area contributed by atoms with E-state index in [0.717, 1.165) is 4.90 Å². The Hall–Kier alpha value is -1.47. The molecular formula is C18H31NO5Si. The van der Waals surface area contributed by atoms with Crippen LogP contribution in [0.1, 0.15) is 47.5 Å². The minimum absolute atomic E-state index is 0.00947. The molecule has 0 spiro atoms. The van der Waals surface area contributed by atoms with Gasteiger partial charge in [-0.1, -0.05) is 26.8 Å². The van der Waals surface area contributed by atoms with Crippen molar-refractivity contribution in [2.45, 2.75) is 77.9 Å². The Bertz CT molecular complexity index is 552. The molecule has 0 unspecified atom stereocenters. The molecule has 1 aliphatic rings. The maximum absolute atomic E-state index is 12.6. The second-order valence-corrected chi connectivity index (χ2v) is 12.8. The van der Waals surface area contributed by atoms with Gasteiger partial charge >= 0.3 is 5.97 Å². The van der Waals surface area contributed by atoms with E-state index in [4.69, 9.17) is 9.16 Å². The highest BCUT2D eigenvalue weighted by atomic mass is 28.4. The molecule has 142 valence electrons. The molecular weight excluding hydrogens is 338 g/mol. The van der Waals surface area contributed by atoms with E-state index in [0.29, 0.717) is 6.42 Å². The number of hydrogen-bond donors (Lipinski definition) is 0. The highest BCUT2D eigenvalue weighted by Crippen LogP contribution is 2.40. The molecule has 25 heavy (non-hydrogen) atoms. The van der Waals surface area contributed by atoms with Crippen molar-refractivity contribution in [2.75, 3.05) is 0 Å². The summed E-state index contributed by atoms with van der Waals surface area (Å²) in [4.78, 5) is 37.3. The van der Waals surface area contributed by atoms with E-state index in [9.17, 15) is 14.4 Å². The second kappa shape index (κ2) is 7.82. The molecule has 0 aromatic carbocycles. The highest BCUT2D eigenvalue weighted by Gasteiger charge is 2.56. The van der Waals surface area contributed by atoms with Crippen molar-refractivity contribution in [3.63, 3.8) is 0 Å². The number of amides is 2. The summed E-state index contributed by atoms with van der Waals surface area (Å²) < 4.78 is 11.5. The third-order valence-electron chi connectivity index (χ3n) is 4.99. The van der Waals surface area contributed by atoms with Crippen molar-refractivity contribution in [1.82, 2.24) is 4.90 Å². The summed E-state index contributed by atoms with van der Waals surface area (Å²) in [5.74, 6) is -1.87. The first-order chi connectivity index (χ1) is 11.3. The lowest BCUT2D eigenvalue weighted by Crippen LogP contribution is -2.68. The van der Waals surface area contributed by atoms with Gasteiger partial charge in [-0.05, 0) is 31.5 Å². The van der Waals surface area contributed by atoms with Gasteiger partial charge in [0.05, 0.1) is 6.10 Å². The lowest BCUT2D eigenvalue weighted by atomic mass is 9.90. The topological polar surface area (TPSA) is 72.9 Å². The van der Waals surface area contributed by atoms with Crippen LogP contribution in [-0.4, -0.2) is 43.3 Å². The number of hydrogen-bond acceptors (Lipinski definition) is 5. The van der Waals surface area contributed by atoms with Gasteiger partial charge in [0.1, 0.15) is 5.92 Å². The second-order valence-electron chi connectivity index (χ2n) is 8.04. The molecule has 6 nitrogen and oxygen atoms in total. The lowest BCUT2D eigenvalue weighted by Gasteiger charge is -2.49. The Kier molecular flexibility index (Phi) is 6.75. The quantitative estimate of drug-likeness (QED) is 0.298. The molecule has 3 atom stereocenters. The van der Waals surface area contributed by atoms with Gasteiger partial charge < -0.3 is 9.16 Å². The zero-order valence-corrected chi connectivity index (χ0v) is 17.4. The molecule has 1 heterocycles. The molecule has 0 aliphatic carbocycles. The largest absolute Gasteiger partial charge is 0.440 e. The van der Waals surface area contributed by atoms with Gasteiger partial charge in [0.2, 0.25) is 11.8 Å². The monoisotopic (exact) mass is 369 g/mol. The first kappa shape index (κ1) is 21.6. The standard InChI is InChI=1S/C18H31NO5Si/c1-9-10-11-14(21)19-16(22)15(17(19)23-13(3)20)12(2)24-25(7,8)18(4,5)6/h9,12,15,17H,1,10-11H2,2-8H3/t12-,15+,17-/m1/s1. The van der Waals surface area contributed by atoms with Crippen LogP contribution in [0, 0.1) is 5.92 Å². The summed E-state index contributed by atoms with van der Waals surface area (Å²) in [5.41, 5.74) is 0. The van der Waals surface area contributed by atoms with Crippen molar-refractivity contribution in [2.24, 2.45) is 5.92 Å². The number of carbonyl (C=O) groups excluding carboxylic acids is 3. The number of likely N-dealkylation sites (tertiary alicyclic amines) is 1. The molecule has 1 fully saturated rings. The van der Waals surface area contributed by atoms with E-state index in [1.165, 1.54) is 6.92 Å². The van der Waals surface area contributed by atoms with Crippen molar-refractivity contribution in [1.29, 1.82) is 0 Å². The number of rotatable bonds is 7. The van der Waals surface area contributed by atoms with Gasteiger partial charge in [-0.15, -0.1) is 6.58 Å². The van der Waals surface area contributed by atoms with Crippen LogP contribution in [0.2, 0.25) is 18.1 Å². The van der Waals surface area contributed by atoms with Gasteiger partial charge in [0.15, 0.2) is 14.5 Å². The van der Waals surface area contributed by atoms with Crippen LogP contribution >= 0.6 is 0 Å². The zero-order valence-electron chi connectivity index (χ0n) is 16.4. The summed E-state index contributed by atoms with van der Waals surface area (Å²) in [6, 6.07) is 0.